The maximum atomic E-state index is 13.8. The Morgan fingerprint density at radius 1 is 1.05 bits per heavy atom. The lowest BCUT2D eigenvalue weighted by Crippen LogP contribution is -2.57. The number of β-amino-alcohol motifs (C(OH)–C–C–N with tert-alkyl or cyclic N) is 1. The van der Waals surface area contributed by atoms with Gasteiger partial charge < -0.3 is 20.6 Å². The van der Waals surface area contributed by atoms with Crippen LogP contribution in [-0.4, -0.2) is 65.3 Å². The lowest BCUT2D eigenvalue weighted by atomic mass is 9.71. The molecule has 0 bridgehead atoms. The molecule has 0 aromatic heterocycles. The summed E-state index contributed by atoms with van der Waals surface area (Å²) < 4.78 is 13.7. The number of aryl methyl sites for hydroxylation is 1. The van der Waals surface area contributed by atoms with E-state index >= 15 is 0 Å². The molecule has 2 aliphatic heterocycles. The van der Waals surface area contributed by atoms with Crippen LogP contribution in [0.3, 0.4) is 0 Å². The number of amides is 1. The highest BCUT2D eigenvalue weighted by atomic mass is 35.5. The van der Waals surface area contributed by atoms with Gasteiger partial charge in [-0.05, 0) is 91.8 Å². The smallest absolute Gasteiger partial charge is 0.250 e. The summed E-state index contributed by atoms with van der Waals surface area (Å²) in [5, 5.41) is 10.2. The lowest BCUT2D eigenvalue weighted by molar-refractivity contribution is -0.135. The Hall–Kier alpha value is -1.90. The molecule has 6 rings (SSSR count). The van der Waals surface area contributed by atoms with Gasteiger partial charge in [0.2, 0.25) is 5.91 Å². The average molecular weight is 566 g/mol. The van der Waals surface area contributed by atoms with Crippen molar-refractivity contribution in [1.82, 2.24) is 9.80 Å². The normalized spacial score (nSPS) is 25.0. The Bertz CT molecular complexity index is 1130. The molecule has 2 aliphatic carbocycles. The molecule has 2 unspecified atom stereocenters. The molecule has 3 N–H and O–H groups in total. The molecule has 2 heterocycles. The van der Waals surface area contributed by atoms with E-state index in [0.717, 1.165) is 18.8 Å². The summed E-state index contributed by atoms with van der Waals surface area (Å²) in [6, 6.07) is 13.7. The second-order valence-corrected chi connectivity index (χ2v) is 11.1. The topological polar surface area (TPSA) is 73.0 Å². The van der Waals surface area contributed by atoms with Crippen molar-refractivity contribution in [1.29, 1.82) is 0 Å². The summed E-state index contributed by atoms with van der Waals surface area (Å²) >= 11 is 0. The lowest BCUT2D eigenvalue weighted by Gasteiger charge is -2.47. The second-order valence-electron chi connectivity index (χ2n) is 11.1. The van der Waals surface area contributed by atoms with Crippen molar-refractivity contribution in [2.75, 3.05) is 37.7 Å². The van der Waals surface area contributed by atoms with E-state index in [4.69, 9.17) is 5.73 Å². The largest absolute Gasteiger partial charge is 0.390 e. The van der Waals surface area contributed by atoms with Gasteiger partial charge in [-0.25, -0.2) is 4.39 Å². The van der Waals surface area contributed by atoms with Gasteiger partial charge in [-0.3, -0.25) is 9.69 Å². The van der Waals surface area contributed by atoms with Gasteiger partial charge >= 0.3 is 0 Å². The van der Waals surface area contributed by atoms with Crippen LogP contribution in [-0.2, 0) is 11.2 Å². The van der Waals surface area contributed by atoms with Gasteiger partial charge in [0.05, 0.1) is 12.8 Å². The zero-order valence-corrected chi connectivity index (χ0v) is 23.4. The first-order valence-corrected chi connectivity index (χ1v) is 13.6. The highest BCUT2D eigenvalue weighted by Crippen LogP contribution is 2.48. The number of rotatable bonds is 5. The van der Waals surface area contributed by atoms with Gasteiger partial charge in [0.15, 0.2) is 0 Å². The molecular formula is C29H39Cl2FN4O2. The summed E-state index contributed by atoms with van der Waals surface area (Å²) in [7, 11) is 0. The molecule has 38 heavy (non-hydrogen) atoms. The van der Waals surface area contributed by atoms with E-state index in [9.17, 15) is 14.3 Å². The van der Waals surface area contributed by atoms with Crippen molar-refractivity contribution in [3.05, 3.63) is 65.0 Å². The number of carbonyl (C=O) groups excluding carboxylic acids is 1. The van der Waals surface area contributed by atoms with Crippen LogP contribution >= 0.6 is 24.8 Å². The Kier molecular flexibility index (Phi) is 8.95. The molecule has 3 atom stereocenters. The average Bonchev–Trinajstić information content (AvgIpc) is 3.16. The molecule has 208 valence electrons. The number of benzene rings is 2. The second kappa shape index (κ2) is 11.7. The number of aliphatic hydroxyl groups excluding tert-OH is 1. The Morgan fingerprint density at radius 2 is 1.79 bits per heavy atom. The third-order valence-electron chi connectivity index (χ3n) is 9.21. The Morgan fingerprint density at radius 3 is 2.50 bits per heavy atom. The van der Waals surface area contributed by atoms with Crippen LogP contribution in [0, 0.1) is 5.82 Å². The SMILES string of the molecule is Cl.Cl.NC[C@@H](O)CN1CN(c2ccc(F)cc2)C2(CCN(C3CCC4CCCc5cccc3c54)CC2)C1=O. The number of piperidine rings is 1. The maximum Gasteiger partial charge on any atom is 0.250 e. The molecule has 1 amide bonds. The van der Waals surface area contributed by atoms with Gasteiger partial charge in [-0.2, -0.15) is 0 Å². The first kappa shape index (κ1) is 29.1. The van der Waals surface area contributed by atoms with Gasteiger partial charge in [-0.1, -0.05) is 18.2 Å². The van der Waals surface area contributed by atoms with Gasteiger partial charge in [0.1, 0.15) is 11.4 Å². The predicted molar refractivity (Wildman–Crippen MR) is 153 cm³/mol. The number of anilines is 1. The van der Waals surface area contributed by atoms with Crippen molar-refractivity contribution in [2.45, 2.75) is 68.5 Å². The van der Waals surface area contributed by atoms with E-state index in [0.29, 0.717) is 31.5 Å². The number of hydrogen-bond acceptors (Lipinski definition) is 5. The zero-order valence-electron chi connectivity index (χ0n) is 21.7. The van der Waals surface area contributed by atoms with Crippen molar-refractivity contribution in [2.24, 2.45) is 5.73 Å². The van der Waals surface area contributed by atoms with Crippen LogP contribution < -0.4 is 10.6 Å². The molecule has 1 spiro atoms. The molecule has 2 aromatic carbocycles. The van der Waals surface area contributed by atoms with E-state index in [1.54, 1.807) is 28.2 Å². The fourth-order valence-corrected chi connectivity index (χ4v) is 7.39. The van der Waals surface area contributed by atoms with E-state index in [1.807, 2.05) is 0 Å². The van der Waals surface area contributed by atoms with Gasteiger partial charge in [0.25, 0.3) is 0 Å². The van der Waals surface area contributed by atoms with E-state index in [-0.39, 0.29) is 49.6 Å². The molecule has 2 saturated heterocycles. The number of nitrogens with zero attached hydrogens (tertiary/aromatic N) is 3. The van der Waals surface area contributed by atoms with Crippen LogP contribution in [0.2, 0.25) is 0 Å². The minimum Gasteiger partial charge on any atom is -0.390 e. The maximum absolute atomic E-state index is 13.8. The molecule has 9 heteroatoms. The Balaban J connectivity index is 0.00000168. The highest BCUT2D eigenvalue weighted by Gasteiger charge is 2.54. The summed E-state index contributed by atoms with van der Waals surface area (Å²) in [6.45, 7) is 2.41. The molecule has 2 fully saturated rings. The van der Waals surface area contributed by atoms with E-state index < -0.39 is 11.6 Å². The summed E-state index contributed by atoms with van der Waals surface area (Å²) in [4.78, 5) is 20.3. The van der Waals surface area contributed by atoms with Crippen molar-refractivity contribution >= 4 is 36.4 Å². The monoisotopic (exact) mass is 564 g/mol. The molecule has 6 nitrogen and oxygen atoms in total. The zero-order chi connectivity index (χ0) is 24.9. The van der Waals surface area contributed by atoms with Crippen LogP contribution in [0.15, 0.2) is 42.5 Å². The van der Waals surface area contributed by atoms with Crippen LogP contribution in [0.25, 0.3) is 0 Å². The fourth-order valence-electron chi connectivity index (χ4n) is 7.39. The molecule has 4 aliphatic rings. The summed E-state index contributed by atoms with van der Waals surface area (Å²) in [5.41, 5.74) is 10.5. The molecular weight excluding hydrogens is 526 g/mol. The predicted octanol–water partition coefficient (Wildman–Crippen LogP) is 4.38. The minimum absolute atomic E-state index is 0. The molecule has 0 radical (unpaired) electrons. The number of hydrogen-bond donors (Lipinski definition) is 2. The quantitative estimate of drug-likeness (QED) is 0.563. The summed E-state index contributed by atoms with van der Waals surface area (Å²) in [6.07, 6.45) is 6.92. The molecule has 2 aromatic rings. The van der Waals surface area contributed by atoms with Crippen LogP contribution in [0.5, 0.6) is 0 Å². The highest BCUT2D eigenvalue weighted by molar-refractivity contribution is 5.93. The van der Waals surface area contributed by atoms with E-state index in [1.165, 1.54) is 49.8 Å². The third kappa shape index (κ3) is 4.92. The van der Waals surface area contributed by atoms with Gasteiger partial charge in [0, 0.05) is 37.9 Å². The van der Waals surface area contributed by atoms with Crippen molar-refractivity contribution in [3.63, 3.8) is 0 Å². The molecule has 0 saturated carbocycles. The number of halogens is 3. The Labute approximate surface area is 237 Å². The number of likely N-dealkylation sites (tertiary alicyclic amines) is 1. The van der Waals surface area contributed by atoms with Gasteiger partial charge in [-0.15, -0.1) is 24.8 Å². The van der Waals surface area contributed by atoms with Crippen molar-refractivity contribution < 1.29 is 14.3 Å². The number of aliphatic hydroxyl groups is 1. The standard InChI is InChI=1S/C29H37FN4O2.2ClH/c30-22-8-10-23(11-9-22)34-19-33(18-24(35)17-31)28(36)29(34)13-15-32(16-14-29)26-12-7-21-4-1-3-20-5-2-6-25(26)27(20)21;;/h2,5-6,8-11,21,24,26,35H,1,3-4,7,12-19,31H2;2*1H/t21?,24-,26?;;/m1../s1. The third-order valence-corrected chi connectivity index (χ3v) is 9.21. The fraction of sp³-hybridized carbons (Fsp3) is 0.552. The number of carbonyl (C=O) groups is 1. The number of nitrogens with two attached hydrogens (primary N) is 1. The van der Waals surface area contributed by atoms with Crippen LogP contribution in [0.1, 0.15) is 67.2 Å². The summed E-state index contributed by atoms with van der Waals surface area (Å²) in [5.74, 6) is 0.482. The first-order chi connectivity index (χ1) is 17.5. The minimum atomic E-state index is -0.751. The van der Waals surface area contributed by atoms with Crippen LogP contribution in [0.4, 0.5) is 10.1 Å². The van der Waals surface area contributed by atoms with Crippen molar-refractivity contribution in [3.8, 4) is 0 Å². The van der Waals surface area contributed by atoms with E-state index in [2.05, 4.69) is 28.0 Å². The first-order valence-electron chi connectivity index (χ1n) is 13.6.